The Morgan fingerprint density at radius 1 is 1.18 bits per heavy atom. The molecule has 0 aliphatic carbocycles. The predicted octanol–water partition coefficient (Wildman–Crippen LogP) is 3.58. The van der Waals surface area contributed by atoms with E-state index in [0.717, 1.165) is 30.2 Å². The normalized spacial score (nSPS) is 17.1. The molecule has 2 aromatic rings. The average molecular weight is 318 g/mol. The Labute approximate surface area is 131 Å². The van der Waals surface area contributed by atoms with Crippen LogP contribution in [-0.4, -0.2) is 31.5 Å². The van der Waals surface area contributed by atoms with Crippen LogP contribution in [0.4, 0.5) is 5.69 Å². The van der Waals surface area contributed by atoms with Crippen LogP contribution in [0.25, 0.3) is 10.9 Å². The van der Waals surface area contributed by atoms with Gasteiger partial charge < -0.3 is 0 Å². The number of nitriles is 1. The number of nitrogens with zero attached hydrogens (tertiary/aromatic N) is 3. The Hall–Kier alpha value is -1.85. The third-order valence-electron chi connectivity index (χ3n) is 3.74. The van der Waals surface area contributed by atoms with Gasteiger partial charge in [-0.25, -0.2) is 0 Å². The topological polar surface area (TPSA) is 92.4 Å². The lowest BCUT2D eigenvalue weighted by Gasteiger charge is -2.44. The van der Waals surface area contributed by atoms with Crippen molar-refractivity contribution in [3.05, 3.63) is 36.0 Å². The standard InChI is InChI=1S/C15H18N4O2S/c16-10-12-4-5-15-13(8-12)9-14(11-17-15)18-22(20,21)19-6-2-1-3-7-19/h4-5,8-9,11,18,20-21H,1-3,6-7H2. The van der Waals surface area contributed by atoms with Gasteiger partial charge in [0.1, 0.15) is 0 Å². The molecule has 2 heterocycles. The number of pyridine rings is 1. The average Bonchev–Trinajstić information content (AvgIpc) is 2.54. The zero-order chi connectivity index (χ0) is 15.6. The highest BCUT2D eigenvalue weighted by Gasteiger charge is 2.24. The molecule has 3 rings (SSSR count). The summed E-state index contributed by atoms with van der Waals surface area (Å²) in [7, 11) is -3.04. The van der Waals surface area contributed by atoms with Gasteiger partial charge in [0, 0.05) is 18.5 Å². The summed E-state index contributed by atoms with van der Waals surface area (Å²) < 4.78 is 25.2. The maximum atomic E-state index is 10.3. The minimum Gasteiger partial charge on any atom is -0.269 e. The second-order valence-corrected chi connectivity index (χ2v) is 7.11. The molecule has 1 aromatic heterocycles. The summed E-state index contributed by atoms with van der Waals surface area (Å²) in [5.41, 5.74) is 1.85. The van der Waals surface area contributed by atoms with Gasteiger partial charge >= 0.3 is 0 Å². The number of anilines is 1. The van der Waals surface area contributed by atoms with Crippen molar-refractivity contribution >= 4 is 27.6 Å². The first-order chi connectivity index (χ1) is 10.6. The molecule has 0 amide bonds. The Morgan fingerprint density at radius 2 is 1.95 bits per heavy atom. The van der Waals surface area contributed by atoms with Crippen LogP contribution in [0.2, 0.25) is 0 Å². The summed E-state index contributed by atoms with van der Waals surface area (Å²) in [6, 6.07) is 9.09. The molecule has 1 aliphatic rings. The Kier molecular flexibility index (Phi) is 4.18. The molecule has 1 aromatic carbocycles. The number of benzene rings is 1. The quantitative estimate of drug-likeness (QED) is 0.801. The molecule has 116 valence electrons. The molecule has 0 radical (unpaired) electrons. The molecular formula is C15H18N4O2S. The number of hydrogen-bond acceptors (Lipinski definition) is 6. The Bertz CT molecular complexity index is 723. The van der Waals surface area contributed by atoms with Gasteiger partial charge in [-0.2, -0.15) is 9.57 Å². The first kappa shape index (κ1) is 15.1. The van der Waals surface area contributed by atoms with Gasteiger partial charge in [0.05, 0.1) is 29.0 Å². The van der Waals surface area contributed by atoms with Gasteiger partial charge in [0.2, 0.25) is 0 Å². The van der Waals surface area contributed by atoms with Crippen molar-refractivity contribution in [2.24, 2.45) is 0 Å². The molecule has 3 N–H and O–H groups in total. The molecule has 0 unspecified atom stereocenters. The number of rotatable bonds is 3. The lowest BCUT2D eigenvalue weighted by Crippen LogP contribution is -2.36. The van der Waals surface area contributed by atoms with E-state index in [2.05, 4.69) is 15.8 Å². The summed E-state index contributed by atoms with van der Waals surface area (Å²) in [4.78, 5) is 4.29. The molecule has 6 nitrogen and oxygen atoms in total. The summed E-state index contributed by atoms with van der Waals surface area (Å²) in [5.74, 6) is 0. The second-order valence-electron chi connectivity index (χ2n) is 5.35. The van der Waals surface area contributed by atoms with E-state index in [4.69, 9.17) is 5.26 Å². The molecule has 0 atom stereocenters. The minimum atomic E-state index is -3.04. The van der Waals surface area contributed by atoms with E-state index in [1.165, 1.54) is 0 Å². The van der Waals surface area contributed by atoms with Gasteiger partial charge in [0.25, 0.3) is 0 Å². The largest absolute Gasteiger partial charge is 0.269 e. The van der Waals surface area contributed by atoms with Crippen LogP contribution in [0.1, 0.15) is 24.8 Å². The van der Waals surface area contributed by atoms with Crippen molar-refractivity contribution in [2.45, 2.75) is 19.3 Å². The van der Waals surface area contributed by atoms with E-state index in [9.17, 15) is 9.11 Å². The third kappa shape index (κ3) is 3.15. The van der Waals surface area contributed by atoms with Crippen molar-refractivity contribution in [3.8, 4) is 6.07 Å². The van der Waals surface area contributed by atoms with Gasteiger partial charge in [0.15, 0.2) is 0 Å². The van der Waals surface area contributed by atoms with E-state index in [1.807, 2.05) is 0 Å². The zero-order valence-electron chi connectivity index (χ0n) is 12.1. The van der Waals surface area contributed by atoms with Gasteiger partial charge in [-0.1, -0.05) is 17.4 Å². The maximum absolute atomic E-state index is 10.3. The highest BCUT2D eigenvalue weighted by Crippen LogP contribution is 2.44. The number of fused-ring (bicyclic) bond motifs is 1. The molecular weight excluding hydrogens is 300 g/mol. The number of aromatic nitrogens is 1. The molecule has 0 spiro atoms. The lowest BCUT2D eigenvalue weighted by molar-refractivity contribution is 0.308. The number of piperidine rings is 1. The van der Waals surface area contributed by atoms with Crippen LogP contribution in [0.5, 0.6) is 0 Å². The summed E-state index contributed by atoms with van der Waals surface area (Å²) >= 11 is 0. The number of nitrogens with one attached hydrogen (secondary N) is 1. The van der Waals surface area contributed by atoms with Crippen molar-refractivity contribution < 1.29 is 9.11 Å². The summed E-state index contributed by atoms with van der Waals surface area (Å²) in [6.07, 6.45) is 4.64. The second kappa shape index (κ2) is 6.10. The summed E-state index contributed by atoms with van der Waals surface area (Å²) in [5, 5.41) is 9.74. The van der Waals surface area contributed by atoms with E-state index >= 15 is 0 Å². The SMILES string of the molecule is N#Cc1ccc2ncc(NS(O)(O)N3CCCCC3)cc2c1. The summed E-state index contributed by atoms with van der Waals surface area (Å²) in [6.45, 7) is 1.35. The Balaban J connectivity index is 1.85. The maximum Gasteiger partial charge on any atom is 0.0991 e. The molecule has 1 saturated heterocycles. The highest BCUT2D eigenvalue weighted by atomic mass is 32.3. The van der Waals surface area contributed by atoms with E-state index < -0.39 is 11.0 Å². The van der Waals surface area contributed by atoms with E-state index in [-0.39, 0.29) is 0 Å². The fourth-order valence-electron chi connectivity index (χ4n) is 2.60. The van der Waals surface area contributed by atoms with Crippen LogP contribution in [0.3, 0.4) is 0 Å². The van der Waals surface area contributed by atoms with Gasteiger partial charge in [-0.3, -0.25) is 18.8 Å². The van der Waals surface area contributed by atoms with Crippen LogP contribution in [-0.2, 0) is 0 Å². The van der Waals surface area contributed by atoms with Gasteiger partial charge in [-0.15, -0.1) is 0 Å². The van der Waals surface area contributed by atoms with Crippen molar-refractivity contribution in [3.63, 3.8) is 0 Å². The molecule has 0 bridgehead atoms. The smallest absolute Gasteiger partial charge is 0.0991 e. The monoisotopic (exact) mass is 318 g/mol. The molecule has 1 fully saturated rings. The first-order valence-corrected chi connectivity index (χ1v) is 8.70. The molecule has 0 saturated carbocycles. The van der Waals surface area contributed by atoms with Crippen molar-refractivity contribution in [2.75, 3.05) is 17.8 Å². The fraction of sp³-hybridized carbons (Fsp3) is 0.333. The minimum absolute atomic E-state index is 0.535. The van der Waals surface area contributed by atoms with E-state index in [1.54, 1.807) is 34.8 Å². The van der Waals surface area contributed by atoms with Crippen molar-refractivity contribution in [1.82, 2.24) is 9.29 Å². The van der Waals surface area contributed by atoms with Crippen molar-refractivity contribution in [1.29, 1.82) is 5.26 Å². The fourth-order valence-corrected chi connectivity index (χ4v) is 3.92. The van der Waals surface area contributed by atoms with Crippen LogP contribution in [0.15, 0.2) is 30.5 Å². The van der Waals surface area contributed by atoms with Gasteiger partial charge in [-0.05, 0) is 37.1 Å². The highest BCUT2D eigenvalue weighted by molar-refractivity contribution is 8.23. The van der Waals surface area contributed by atoms with Crippen LogP contribution >= 0.6 is 11.0 Å². The third-order valence-corrected chi connectivity index (χ3v) is 5.33. The van der Waals surface area contributed by atoms with Crippen LogP contribution < -0.4 is 4.72 Å². The molecule has 7 heteroatoms. The number of hydrogen-bond donors (Lipinski definition) is 3. The molecule has 1 aliphatic heterocycles. The molecule has 22 heavy (non-hydrogen) atoms. The lowest BCUT2D eigenvalue weighted by atomic mass is 10.1. The van der Waals surface area contributed by atoms with Crippen LogP contribution in [0, 0.1) is 11.3 Å². The predicted molar refractivity (Wildman–Crippen MR) is 88.4 cm³/mol. The first-order valence-electron chi connectivity index (χ1n) is 7.19. The zero-order valence-corrected chi connectivity index (χ0v) is 12.9. The van der Waals surface area contributed by atoms with E-state index in [0.29, 0.717) is 24.3 Å². The Morgan fingerprint density at radius 3 is 2.68 bits per heavy atom.